The van der Waals surface area contributed by atoms with Gasteiger partial charge >= 0.3 is 0 Å². The fourth-order valence-corrected chi connectivity index (χ4v) is 2.84. The van der Waals surface area contributed by atoms with Gasteiger partial charge in [0, 0.05) is 18.7 Å². The highest BCUT2D eigenvalue weighted by Gasteiger charge is 2.32. The molecule has 0 aliphatic carbocycles. The first-order chi connectivity index (χ1) is 10.1. The van der Waals surface area contributed by atoms with E-state index in [1.807, 2.05) is 30.3 Å². The first-order valence-electron chi connectivity index (χ1n) is 7.17. The Morgan fingerprint density at radius 3 is 2.86 bits per heavy atom. The Kier molecular flexibility index (Phi) is 3.51. The minimum absolute atomic E-state index is 0.0809. The van der Waals surface area contributed by atoms with Gasteiger partial charge in [0.25, 0.3) is 5.91 Å². The number of nitrogens with one attached hydrogen (secondary N) is 1. The van der Waals surface area contributed by atoms with Gasteiger partial charge in [-0.05, 0) is 19.8 Å². The molecule has 2 N–H and O–H groups in total. The van der Waals surface area contributed by atoms with Crippen LogP contribution in [0.2, 0.25) is 0 Å². The molecular formula is C16H19N3O2. The van der Waals surface area contributed by atoms with Crippen molar-refractivity contribution in [3.8, 4) is 11.3 Å². The molecule has 1 unspecified atom stereocenters. The van der Waals surface area contributed by atoms with Crippen LogP contribution in [0.5, 0.6) is 0 Å². The molecule has 21 heavy (non-hydrogen) atoms. The lowest BCUT2D eigenvalue weighted by atomic mass is 9.94. The predicted molar refractivity (Wildman–Crippen MR) is 79.8 cm³/mol. The highest BCUT2D eigenvalue weighted by Crippen LogP contribution is 2.25. The Morgan fingerprint density at radius 1 is 1.38 bits per heavy atom. The number of nitrogens with zero attached hydrogens (tertiary/aromatic N) is 2. The van der Waals surface area contributed by atoms with Crippen molar-refractivity contribution in [2.45, 2.75) is 25.4 Å². The van der Waals surface area contributed by atoms with Crippen LogP contribution in [0.3, 0.4) is 0 Å². The Labute approximate surface area is 123 Å². The molecule has 0 bridgehead atoms. The Balaban J connectivity index is 1.88. The molecule has 5 nitrogen and oxygen atoms in total. The molecule has 0 radical (unpaired) electrons. The number of H-pyrrole nitrogens is 1. The van der Waals surface area contributed by atoms with E-state index in [1.165, 1.54) is 0 Å². The maximum Gasteiger partial charge on any atom is 0.257 e. The number of amides is 1. The van der Waals surface area contributed by atoms with E-state index in [4.69, 9.17) is 0 Å². The van der Waals surface area contributed by atoms with E-state index in [-0.39, 0.29) is 5.91 Å². The Bertz CT molecular complexity index is 634. The molecule has 1 amide bonds. The van der Waals surface area contributed by atoms with Crippen LogP contribution in [0.15, 0.2) is 36.5 Å². The molecule has 1 aliphatic heterocycles. The quantitative estimate of drug-likeness (QED) is 0.887. The fraction of sp³-hybridized carbons (Fsp3) is 0.375. The van der Waals surface area contributed by atoms with Gasteiger partial charge in [0.05, 0.1) is 23.1 Å². The third-order valence-corrected chi connectivity index (χ3v) is 3.89. The Morgan fingerprint density at radius 2 is 2.14 bits per heavy atom. The number of benzene rings is 1. The number of carbonyl (C=O) groups excluding carboxylic acids is 1. The third kappa shape index (κ3) is 2.83. The zero-order valence-electron chi connectivity index (χ0n) is 12.0. The second kappa shape index (κ2) is 5.33. The van der Waals surface area contributed by atoms with Crippen LogP contribution in [0.25, 0.3) is 11.3 Å². The number of aliphatic hydroxyl groups is 1. The molecule has 2 heterocycles. The van der Waals surface area contributed by atoms with Crippen LogP contribution in [-0.2, 0) is 0 Å². The summed E-state index contributed by atoms with van der Waals surface area (Å²) in [5.41, 5.74) is 1.41. The molecular weight excluding hydrogens is 266 g/mol. The van der Waals surface area contributed by atoms with Crippen LogP contribution in [0, 0.1) is 0 Å². The van der Waals surface area contributed by atoms with Crippen LogP contribution in [0.4, 0.5) is 0 Å². The maximum atomic E-state index is 12.7. The zero-order valence-corrected chi connectivity index (χ0v) is 12.0. The predicted octanol–water partition coefficient (Wildman–Crippen LogP) is 2.06. The smallest absolute Gasteiger partial charge is 0.257 e. The first kappa shape index (κ1) is 13.8. The summed E-state index contributed by atoms with van der Waals surface area (Å²) in [5.74, 6) is -0.0809. The lowest BCUT2D eigenvalue weighted by molar-refractivity contribution is -0.0107. The largest absolute Gasteiger partial charge is 0.388 e. The number of aromatic nitrogens is 2. The molecule has 1 aromatic heterocycles. The van der Waals surface area contributed by atoms with E-state index in [2.05, 4.69) is 10.2 Å². The van der Waals surface area contributed by atoms with Crippen molar-refractivity contribution < 1.29 is 9.90 Å². The first-order valence-corrected chi connectivity index (χ1v) is 7.17. The molecule has 1 aliphatic rings. The van der Waals surface area contributed by atoms with E-state index in [0.717, 1.165) is 24.1 Å². The second-order valence-corrected chi connectivity index (χ2v) is 5.85. The number of carbonyl (C=O) groups is 1. The van der Waals surface area contributed by atoms with Crippen LogP contribution < -0.4 is 0 Å². The number of rotatable bonds is 2. The summed E-state index contributed by atoms with van der Waals surface area (Å²) >= 11 is 0. The average molecular weight is 285 g/mol. The summed E-state index contributed by atoms with van der Waals surface area (Å²) in [6.45, 7) is 2.82. The summed E-state index contributed by atoms with van der Waals surface area (Å²) in [7, 11) is 0. The van der Waals surface area contributed by atoms with Gasteiger partial charge in [-0.15, -0.1) is 0 Å². The molecule has 2 aromatic rings. The molecule has 1 saturated heterocycles. The van der Waals surface area contributed by atoms with E-state index in [1.54, 1.807) is 18.0 Å². The van der Waals surface area contributed by atoms with Crippen LogP contribution >= 0.6 is 0 Å². The van der Waals surface area contributed by atoms with Crippen LogP contribution in [0.1, 0.15) is 30.1 Å². The molecule has 3 rings (SSSR count). The normalized spacial score (nSPS) is 22.3. The minimum atomic E-state index is -0.801. The lowest BCUT2D eigenvalue weighted by Crippen LogP contribution is -2.48. The van der Waals surface area contributed by atoms with Crippen molar-refractivity contribution in [2.75, 3.05) is 13.1 Å². The number of likely N-dealkylation sites (tertiary alicyclic amines) is 1. The number of aromatic amines is 1. The van der Waals surface area contributed by atoms with Gasteiger partial charge in [0.2, 0.25) is 0 Å². The molecule has 0 saturated carbocycles. The molecule has 110 valence electrons. The van der Waals surface area contributed by atoms with Gasteiger partial charge in [-0.1, -0.05) is 30.3 Å². The Hall–Kier alpha value is -2.14. The molecule has 1 fully saturated rings. The molecule has 1 atom stereocenters. The number of hydrogen-bond acceptors (Lipinski definition) is 3. The van der Waals surface area contributed by atoms with Gasteiger partial charge in [-0.3, -0.25) is 9.89 Å². The van der Waals surface area contributed by atoms with Gasteiger partial charge in [-0.2, -0.15) is 5.10 Å². The van der Waals surface area contributed by atoms with Crippen LogP contribution in [-0.4, -0.2) is 44.8 Å². The summed E-state index contributed by atoms with van der Waals surface area (Å²) in [4.78, 5) is 14.4. The van der Waals surface area contributed by atoms with E-state index >= 15 is 0 Å². The number of β-amino-alcohol motifs (C(OH)–C–C–N with tert-alkyl or cyclic N) is 1. The standard InChI is InChI=1S/C16H19N3O2/c1-16(21)8-5-9-19(11-16)15(20)13-10-17-18-14(13)12-6-3-2-4-7-12/h2-4,6-7,10,21H,5,8-9,11H2,1H3,(H,17,18). The summed E-state index contributed by atoms with van der Waals surface area (Å²) in [6.07, 6.45) is 3.11. The van der Waals surface area contributed by atoms with Crippen molar-refractivity contribution >= 4 is 5.91 Å². The topological polar surface area (TPSA) is 69.2 Å². The van der Waals surface area contributed by atoms with Gasteiger partial charge in [0.15, 0.2) is 0 Å². The number of hydrogen-bond donors (Lipinski definition) is 2. The van der Waals surface area contributed by atoms with E-state index in [0.29, 0.717) is 18.7 Å². The van der Waals surface area contributed by atoms with Gasteiger partial charge < -0.3 is 10.0 Å². The maximum absolute atomic E-state index is 12.7. The van der Waals surface area contributed by atoms with E-state index < -0.39 is 5.60 Å². The number of piperidine rings is 1. The zero-order chi connectivity index (χ0) is 14.9. The lowest BCUT2D eigenvalue weighted by Gasteiger charge is -2.36. The third-order valence-electron chi connectivity index (χ3n) is 3.89. The van der Waals surface area contributed by atoms with Gasteiger partial charge in [0.1, 0.15) is 0 Å². The molecule has 0 spiro atoms. The minimum Gasteiger partial charge on any atom is -0.388 e. The highest BCUT2D eigenvalue weighted by atomic mass is 16.3. The average Bonchev–Trinajstić information content (AvgIpc) is 2.95. The van der Waals surface area contributed by atoms with E-state index in [9.17, 15) is 9.90 Å². The highest BCUT2D eigenvalue weighted by molar-refractivity contribution is 5.99. The van der Waals surface area contributed by atoms with Crippen molar-refractivity contribution in [1.29, 1.82) is 0 Å². The summed E-state index contributed by atoms with van der Waals surface area (Å²) in [6, 6.07) is 9.67. The molecule has 5 heteroatoms. The SMILES string of the molecule is CC1(O)CCCN(C(=O)c2cn[nH]c2-c2ccccc2)C1. The fourth-order valence-electron chi connectivity index (χ4n) is 2.84. The van der Waals surface area contributed by atoms with Crippen molar-refractivity contribution in [3.05, 3.63) is 42.1 Å². The van der Waals surface area contributed by atoms with Crippen molar-refractivity contribution in [3.63, 3.8) is 0 Å². The van der Waals surface area contributed by atoms with Gasteiger partial charge in [-0.25, -0.2) is 0 Å². The van der Waals surface area contributed by atoms with Crippen molar-refractivity contribution in [1.82, 2.24) is 15.1 Å². The molecule has 1 aromatic carbocycles. The summed E-state index contributed by atoms with van der Waals surface area (Å²) in [5, 5.41) is 17.1. The van der Waals surface area contributed by atoms with Crippen molar-refractivity contribution in [2.24, 2.45) is 0 Å². The second-order valence-electron chi connectivity index (χ2n) is 5.85. The monoisotopic (exact) mass is 285 g/mol. The summed E-state index contributed by atoms with van der Waals surface area (Å²) < 4.78 is 0.